The van der Waals surface area contributed by atoms with Crippen LogP contribution in [0.1, 0.15) is 37.6 Å². The van der Waals surface area contributed by atoms with E-state index in [2.05, 4.69) is 10.3 Å². The largest absolute Gasteiger partial charge is 0.391 e. The van der Waals surface area contributed by atoms with Gasteiger partial charge in [0, 0.05) is 6.54 Å². The molecule has 27 heavy (non-hydrogen) atoms. The number of hydrogen-bond donors (Lipinski definition) is 2. The van der Waals surface area contributed by atoms with Crippen molar-refractivity contribution >= 4 is 17.1 Å². The number of aromatic nitrogens is 4. The van der Waals surface area contributed by atoms with E-state index in [0.717, 1.165) is 30.7 Å². The van der Waals surface area contributed by atoms with Crippen LogP contribution >= 0.6 is 0 Å². The normalized spacial score (nSPS) is 19.7. The van der Waals surface area contributed by atoms with Gasteiger partial charge >= 0.3 is 0 Å². The molecule has 1 aliphatic carbocycles. The van der Waals surface area contributed by atoms with Crippen molar-refractivity contribution in [2.24, 2.45) is 0 Å². The molecule has 2 atom stereocenters. The second-order valence-electron chi connectivity index (χ2n) is 7.14. The van der Waals surface area contributed by atoms with Crippen molar-refractivity contribution in [1.29, 1.82) is 0 Å². The number of aryl methyl sites for hydroxylation is 1. The highest BCUT2D eigenvalue weighted by Gasteiger charge is 2.27. The number of aliphatic hydroxyl groups excluding tert-OH is 1. The number of hydrogen-bond acceptors (Lipinski definition) is 5. The van der Waals surface area contributed by atoms with E-state index in [0.29, 0.717) is 30.2 Å². The molecule has 0 unspecified atom stereocenters. The number of benzene rings is 1. The zero-order chi connectivity index (χ0) is 19.0. The molecule has 3 aromatic rings. The van der Waals surface area contributed by atoms with Crippen molar-refractivity contribution in [2.75, 3.05) is 5.32 Å². The fraction of sp³-hybridized carbons (Fsp3) is 0.450. The van der Waals surface area contributed by atoms with Crippen molar-refractivity contribution in [3.8, 4) is 0 Å². The summed E-state index contributed by atoms with van der Waals surface area (Å²) in [4.78, 5) is 22.3. The quantitative estimate of drug-likeness (QED) is 0.723. The Morgan fingerprint density at radius 2 is 1.96 bits per heavy atom. The van der Waals surface area contributed by atoms with Gasteiger partial charge in [-0.1, -0.05) is 30.3 Å². The fourth-order valence-electron chi connectivity index (χ4n) is 3.83. The summed E-state index contributed by atoms with van der Waals surface area (Å²) in [6, 6.07) is 10.00. The third-order valence-electron chi connectivity index (χ3n) is 5.34. The molecular weight excluding hydrogens is 342 g/mol. The van der Waals surface area contributed by atoms with E-state index in [9.17, 15) is 9.90 Å². The smallest absolute Gasteiger partial charge is 0.283 e. The van der Waals surface area contributed by atoms with E-state index >= 15 is 0 Å². The summed E-state index contributed by atoms with van der Waals surface area (Å²) in [5.41, 5.74) is 1.96. The number of rotatable bonds is 5. The predicted molar refractivity (Wildman–Crippen MR) is 105 cm³/mol. The van der Waals surface area contributed by atoms with E-state index in [1.807, 2.05) is 48.7 Å². The Kier molecular flexibility index (Phi) is 4.70. The second kappa shape index (κ2) is 7.15. The standard InChI is InChI=1S/C20H25N5O2/c1-3-24-19(27)17-18(23-20(24)22-15-10-7-11-16(15)26)25(13(2)21-17)12-14-8-5-4-6-9-14/h4-6,8-9,15-16,26H,3,7,10-12H2,1-2H3,(H,22,23)/t15-,16-/m1/s1. The van der Waals surface area contributed by atoms with Crippen LogP contribution in [0.15, 0.2) is 35.1 Å². The molecular formula is C20H25N5O2. The number of anilines is 1. The average Bonchev–Trinajstić information content (AvgIpc) is 3.21. The van der Waals surface area contributed by atoms with Gasteiger partial charge in [0.15, 0.2) is 11.2 Å². The van der Waals surface area contributed by atoms with Crippen LogP contribution in [0.5, 0.6) is 0 Å². The molecule has 0 amide bonds. The molecule has 1 aliphatic rings. The maximum atomic E-state index is 13.0. The highest BCUT2D eigenvalue weighted by molar-refractivity contribution is 5.72. The maximum absolute atomic E-state index is 13.0. The lowest BCUT2D eigenvalue weighted by atomic mass is 10.2. The average molecular weight is 367 g/mol. The highest BCUT2D eigenvalue weighted by atomic mass is 16.3. The van der Waals surface area contributed by atoms with Crippen LogP contribution in [0.25, 0.3) is 11.2 Å². The Balaban J connectivity index is 1.81. The van der Waals surface area contributed by atoms with Crippen molar-refractivity contribution < 1.29 is 5.11 Å². The van der Waals surface area contributed by atoms with Gasteiger partial charge in [0.1, 0.15) is 5.82 Å². The van der Waals surface area contributed by atoms with Gasteiger partial charge in [0.05, 0.1) is 18.7 Å². The molecule has 1 fully saturated rings. The second-order valence-corrected chi connectivity index (χ2v) is 7.14. The molecule has 1 saturated carbocycles. The van der Waals surface area contributed by atoms with Gasteiger partial charge in [-0.2, -0.15) is 4.98 Å². The van der Waals surface area contributed by atoms with E-state index in [1.54, 1.807) is 4.57 Å². The maximum Gasteiger partial charge on any atom is 0.283 e. The summed E-state index contributed by atoms with van der Waals surface area (Å²) >= 11 is 0. The fourth-order valence-corrected chi connectivity index (χ4v) is 3.83. The van der Waals surface area contributed by atoms with Crippen LogP contribution in [-0.2, 0) is 13.1 Å². The van der Waals surface area contributed by atoms with Crippen molar-refractivity contribution in [1.82, 2.24) is 19.1 Å². The molecule has 7 heteroatoms. The van der Waals surface area contributed by atoms with Gasteiger partial charge in [-0.15, -0.1) is 0 Å². The number of fused-ring (bicyclic) bond motifs is 1. The first-order chi connectivity index (χ1) is 13.1. The minimum atomic E-state index is -0.404. The lowest BCUT2D eigenvalue weighted by molar-refractivity contribution is 0.171. The predicted octanol–water partition coefficient (Wildman–Crippen LogP) is 2.29. The molecule has 0 aliphatic heterocycles. The van der Waals surface area contributed by atoms with Crippen LogP contribution in [0.4, 0.5) is 5.95 Å². The minimum Gasteiger partial charge on any atom is -0.391 e. The third-order valence-corrected chi connectivity index (χ3v) is 5.34. The van der Waals surface area contributed by atoms with Crippen LogP contribution < -0.4 is 10.9 Å². The van der Waals surface area contributed by atoms with Crippen LogP contribution in [0, 0.1) is 6.92 Å². The minimum absolute atomic E-state index is 0.0706. The van der Waals surface area contributed by atoms with Crippen LogP contribution in [0.3, 0.4) is 0 Å². The number of nitrogens with one attached hydrogen (secondary N) is 1. The summed E-state index contributed by atoms with van der Waals surface area (Å²) < 4.78 is 3.58. The number of aliphatic hydroxyl groups is 1. The molecule has 0 saturated heterocycles. The van der Waals surface area contributed by atoms with Gasteiger partial charge in [0.25, 0.3) is 5.56 Å². The molecule has 2 aromatic heterocycles. The Hall–Kier alpha value is -2.67. The first kappa shape index (κ1) is 17.7. The first-order valence-electron chi connectivity index (χ1n) is 9.54. The molecule has 1 aromatic carbocycles. The molecule has 142 valence electrons. The number of nitrogens with zero attached hydrogens (tertiary/aromatic N) is 4. The Morgan fingerprint density at radius 1 is 1.19 bits per heavy atom. The van der Waals surface area contributed by atoms with Gasteiger partial charge in [-0.05, 0) is 38.7 Å². The third kappa shape index (κ3) is 3.23. The summed E-state index contributed by atoms with van der Waals surface area (Å²) in [6.45, 7) is 4.92. The SMILES string of the molecule is CCn1c(N[C@@H]2CCC[C@H]2O)nc2c(nc(C)n2Cc2ccccc2)c1=O. The topological polar surface area (TPSA) is 85.0 Å². The Bertz CT molecular complexity index is 1010. The summed E-state index contributed by atoms with van der Waals surface area (Å²) in [5.74, 6) is 1.27. The van der Waals surface area contributed by atoms with Gasteiger partial charge < -0.3 is 15.0 Å². The molecule has 4 rings (SSSR count). The van der Waals surface area contributed by atoms with Gasteiger partial charge in [0.2, 0.25) is 5.95 Å². The molecule has 2 heterocycles. The molecule has 0 radical (unpaired) electrons. The van der Waals surface area contributed by atoms with Gasteiger partial charge in [-0.3, -0.25) is 9.36 Å². The Labute approximate surface area is 157 Å². The highest BCUT2D eigenvalue weighted by Crippen LogP contribution is 2.23. The van der Waals surface area contributed by atoms with Crippen LogP contribution in [0.2, 0.25) is 0 Å². The van der Waals surface area contributed by atoms with E-state index < -0.39 is 6.10 Å². The zero-order valence-corrected chi connectivity index (χ0v) is 15.7. The lowest BCUT2D eigenvalue weighted by Crippen LogP contribution is -2.33. The van der Waals surface area contributed by atoms with E-state index in [-0.39, 0.29) is 11.6 Å². The summed E-state index contributed by atoms with van der Waals surface area (Å²) in [6.07, 6.45) is 2.23. The van der Waals surface area contributed by atoms with E-state index in [1.165, 1.54) is 0 Å². The lowest BCUT2D eigenvalue weighted by Gasteiger charge is -2.20. The van der Waals surface area contributed by atoms with Crippen LogP contribution in [-0.4, -0.2) is 36.4 Å². The number of imidazole rings is 1. The molecule has 0 spiro atoms. The van der Waals surface area contributed by atoms with E-state index in [4.69, 9.17) is 4.98 Å². The Morgan fingerprint density at radius 3 is 2.63 bits per heavy atom. The zero-order valence-electron chi connectivity index (χ0n) is 15.7. The molecule has 7 nitrogen and oxygen atoms in total. The van der Waals surface area contributed by atoms with Crippen molar-refractivity contribution in [3.05, 3.63) is 52.1 Å². The van der Waals surface area contributed by atoms with Gasteiger partial charge in [-0.25, -0.2) is 4.98 Å². The molecule has 0 bridgehead atoms. The van der Waals surface area contributed by atoms with Crippen molar-refractivity contribution in [2.45, 2.75) is 58.3 Å². The summed E-state index contributed by atoms with van der Waals surface area (Å²) in [7, 11) is 0. The molecule has 2 N–H and O–H groups in total. The first-order valence-corrected chi connectivity index (χ1v) is 9.54. The van der Waals surface area contributed by atoms with Crippen molar-refractivity contribution in [3.63, 3.8) is 0 Å². The monoisotopic (exact) mass is 367 g/mol. The summed E-state index contributed by atoms with van der Waals surface area (Å²) in [5, 5.41) is 13.5.